The second-order valence-electron chi connectivity index (χ2n) is 4.32. The van der Waals surface area contributed by atoms with Crippen LogP contribution in [0.3, 0.4) is 0 Å². The maximum Gasteiger partial charge on any atom is 0.188 e. The fourth-order valence-corrected chi connectivity index (χ4v) is 1.62. The van der Waals surface area contributed by atoms with E-state index in [4.69, 9.17) is 11.5 Å². The fraction of sp³-hybridized carbons (Fsp3) is 0.400. The molecule has 0 radical (unpaired) electrons. The Kier molecular flexibility index (Phi) is 8.14. The van der Waals surface area contributed by atoms with E-state index in [1.165, 1.54) is 5.56 Å². The summed E-state index contributed by atoms with van der Waals surface area (Å²) in [5, 5.41) is 3.09. The van der Waals surface area contributed by atoms with Crippen LogP contribution in [0.2, 0.25) is 0 Å². The molecule has 0 amide bonds. The second-order valence-corrected chi connectivity index (χ2v) is 4.32. The standard InChI is InChI=1S/C15H24N4/c16-11-5-2-6-12-18-15(17)19-13-7-10-14-8-3-1-4-9-14/h1,3-4,7-10H,2,5-6,11-13,16H2,(H3,17,18,19)/b10-7+. The van der Waals surface area contributed by atoms with Gasteiger partial charge in [-0.1, -0.05) is 48.9 Å². The quantitative estimate of drug-likeness (QED) is 0.378. The minimum atomic E-state index is 0.505. The van der Waals surface area contributed by atoms with Gasteiger partial charge in [0.1, 0.15) is 0 Å². The van der Waals surface area contributed by atoms with Crippen LogP contribution < -0.4 is 16.8 Å². The minimum absolute atomic E-state index is 0.505. The molecule has 1 rings (SSSR count). The first-order valence-electron chi connectivity index (χ1n) is 6.78. The largest absolute Gasteiger partial charge is 0.370 e. The molecule has 0 spiro atoms. The average molecular weight is 260 g/mol. The molecule has 0 aliphatic rings. The zero-order valence-corrected chi connectivity index (χ0v) is 11.4. The highest BCUT2D eigenvalue weighted by Crippen LogP contribution is 2.00. The lowest BCUT2D eigenvalue weighted by atomic mass is 10.2. The highest BCUT2D eigenvalue weighted by molar-refractivity contribution is 5.77. The molecule has 1 aromatic rings. The highest BCUT2D eigenvalue weighted by atomic mass is 15.1. The lowest BCUT2D eigenvalue weighted by Gasteiger charge is -2.04. The summed E-state index contributed by atoms with van der Waals surface area (Å²) in [6.45, 7) is 2.21. The average Bonchev–Trinajstić information content (AvgIpc) is 2.44. The summed E-state index contributed by atoms with van der Waals surface area (Å²) in [5.41, 5.74) is 12.3. The summed E-state index contributed by atoms with van der Waals surface area (Å²) < 4.78 is 0. The smallest absolute Gasteiger partial charge is 0.188 e. The van der Waals surface area contributed by atoms with Gasteiger partial charge in [-0.2, -0.15) is 0 Å². The van der Waals surface area contributed by atoms with Gasteiger partial charge in [0, 0.05) is 6.54 Å². The maximum absolute atomic E-state index is 5.75. The third-order valence-electron chi connectivity index (χ3n) is 2.66. The van der Waals surface area contributed by atoms with Gasteiger partial charge in [0.15, 0.2) is 5.96 Å². The maximum atomic E-state index is 5.75. The Morgan fingerprint density at radius 1 is 1.16 bits per heavy atom. The molecule has 5 N–H and O–H groups in total. The van der Waals surface area contributed by atoms with Crippen molar-refractivity contribution in [3.63, 3.8) is 0 Å². The predicted molar refractivity (Wildman–Crippen MR) is 82.9 cm³/mol. The summed E-state index contributed by atoms with van der Waals surface area (Å²) in [6, 6.07) is 10.1. The van der Waals surface area contributed by atoms with E-state index in [1.807, 2.05) is 30.4 Å². The number of guanidine groups is 1. The van der Waals surface area contributed by atoms with Crippen LogP contribution in [0.1, 0.15) is 24.8 Å². The van der Waals surface area contributed by atoms with E-state index in [1.54, 1.807) is 0 Å². The molecule has 0 bridgehead atoms. The number of rotatable bonds is 8. The predicted octanol–water partition coefficient (Wildman–Crippen LogP) is 1.73. The molecule has 0 saturated heterocycles. The summed E-state index contributed by atoms with van der Waals surface area (Å²) in [4.78, 5) is 4.23. The number of hydrogen-bond donors (Lipinski definition) is 3. The first-order chi connectivity index (χ1) is 9.33. The van der Waals surface area contributed by atoms with Crippen LogP contribution in [0.15, 0.2) is 41.4 Å². The van der Waals surface area contributed by atoms with Crippen molar-refractivity contribution in [3.8, 4) is 0 Å². The van der Waals surface area contributed by atoms with Gasteiger partial charge >= 0.3 is 0 Å². The molecular weight excluding hydrogens is 236 g/mol. The molecule has 0 saturated carbocycles. The van der Waals surface area contributed by atoms with Crippen molar-refractivity contribution >= 4 is 12.0 Å². The summed E-state index contributed by atoms with van der Waals surface area (Å²) in [7, 11) is 0. The van der Waals surface area contributed by atoms with Crippen LogP contribution >= 0.6 is 0 Å². The van der Waals surface area contributed by atoms with Crippen molar-refractivity contribution in [1.82, 2.24) is 5.32 Å². The van der Waals surface area contributed by atoms with Gasteiger partial charge < -0.3 is 16.8 Å². The minimum Gasteiger partial charge on any atom is -0.370 e. The van der Waals surface area contributed by atoms with Gasteiger partial charge in [-0.25, -0.2) is 4.99 Å². The number of hydrogen-bond acceptors (Lipinski definition) is 2. The number of benzene rings is 1. The molecule has 1 aromatic carbocycles. The van der Waals surface area contributed by atoms with Crippen LogP contribution in [0.25, 0.3) is 6.08 Å². The Morgan fingerprint density at radius 2 is 1.95 bits per heavy atom. The first kappa shape index (κ1) is 15.2. The lowest BCUT2D eigenvalue weighted by Crippen LogP contribution is -2.32. The summed E-state index contributed by atoms with van der Waals surface area (Å²) >= 11 is 0. The number of aliphatic imine (C=N–C) groups is 1. The van der Waals surface area contributed by atoms with Crippen LogP contribution in [0.5, 0.6) is 0 Å². The van der Waals surface area contributed by atoms with Gasteiger partial charge in [-0.3, -0.25) is 0 Å². The van der Waals surface area contributed by atoms with Gasteiger partial charge in [-0.05, 0) is 24.9 Å². The monoisotopic (exact) mass is 260 g/mol. The topological polar surface area (TPSA) is 76.4 Å². The van der Waals surface area contributed by atoms with Crippen molar-refractivity contribution in [3.05, 3.63) is 42.0 Å². The Morgan fingerprint density at radius 3 is 2.68 bits per heavy atom. The SMILES string of the molecule is NCCCCCNC(N)=NC/C=C/c1ccccc1. The molecule has 104 valence electrons. The fourth-order valence-electron chi connectivity index (χ4n) is 1.62. The van der Waals surface area contributed by atoms with E-state index in [2.05, 4.69) is 22.4 Å². The number of nitrogens with zero attached hydrogens (tertiary/aromatic N) is 1. The molecule has 0 aromatic heterocycles. The zero-order chi connectivity index (χ0) is 13.8. The normalized spacial score (nSPS) is 11.9. The summed E-state index contributed by atoms with van der Waals surface area (Å²) in [5.74, 6) is 0.505. The van der Waals surface area contributed by atoms with Crippen LogP contribution in [-0.4, -0.2) is 25.6 Å². The molecule has 0 heterocycles. The van der Waals surface area contributed by atoms with E-state index >= 15 is 0 Å². The Hall–Kier alpha value is -1.81. The molecule has 0 aliphatic heterocycles. The molecule has 0 atom stereocenters. The van der Waals surface area contributed by atoms with E-state index in [0.29, 0.717) is 12.5 Å². The van der Waals surface area contributed by atoms with Gasteiger partial charge in [0.25, 0.3) is 0 Å². The van der Waals surface area contributed by atoms with Gasteiger partial charge in [0.05, 0.1) is 6.54 Å². The Bertz CT molecular complexity index is 384. The third-order valence-corrected chi connectivity index (χ3v) is 2.66. The van der Waals surface area contributed by atoms with Crippen molar-refractivity contribution in [2.45, 2.75) is 19.3 Å². The van der Waals surface area contributed by atoms with Crippen LogP contribution in [-0.2, 0) is 0 Å². The highest BCUT2D eigenvalue weighted by Gasteiger charge is 1.90. The van der Waals surface area contributed by atoms with E-state index in [-0.39, 0.29) is 0 Å². The molecule has 4 heteroatoms. The van der Waals surface area contributed by atoms with Crippen LogP contribution in [0, 0.1) is 0 Å². The van der Waals surface area contributed by atoms with Gasteiger partial charge in [-0.15, -0.1) is 0 Å². The van der Waals surface area contributed by atoms with Crippen LogP contribution in [0.4, 0.5) is 0 Å². The van der Waals surface area contributed by atoms with Crippen molar-refractivity contribution in [2.75, 3.05) is 19.6 Å². The Balaban J connectivity index is 2.15. The molecule has 0 aliphatic carbocycles. The number of unbranched alkanes of at least 4 members (excludes halogenated alkanes) is 2. The number of nitrogens with one attached hydrogen (secondary N) is 1. The molecule has 0 unspecified atom stereocenters. The van der Waals surface area contributed by atoms with Gasteiger partial charge in [0.2, 0.25) is 0 Å². The molecule has 4 nitrogen and oxygen atoms in total. The molecular formula is C15H24N4. The van der Waals surface area contributed by atoms with E-state index < -0.39 is 0 Å². The lowest BCUT2D eigenvalue weighted by molar-refractivity contribution is 0.669. The molecule has 19 heavy (non-hydrogen) atoms. The van der Waals surface area contributed by atoms with E-state index in [0.717, 1.165) is 32.4 Å². The third kappa shape index (κ3) is 8.00. The Labute approximate surface area is 115 Å². The first-order valence-corrected chi connectivity index (χ1v) is 6.78. The number of nitrogens with two attached hydrogens (primary N) is 2. The summed E-state index contributed by atoms with van der Waals surface area (Å²) in [6.07, 6.45) is 7.31. The molecule has 0 fully saturated rings. The van der Waals surface area contributed by atoms with Crippen molar-refractivity contribution < 1.29 is 0 Å². The zero-order valence-electron chi connectivity index (χ0n) is 11.4. The van der Waals surface area contributed by atoms with Crippen molar-refractivity contribution in [2.24, 2.45) is 16.5 Å². The second kappa shape index (κ2) is 10.1. The van der Waals surface area contributed by atoms with E-state index in [9.17, 15) is 0 Å². The van der Waals surface area contributed by atoms with Crippen molar-refractivity contribution in [1.29, 1.82) is 0 Å².